The van der Waals surface area contributed by atoms with Gasteiger partial charge in [0.1, 0.15) is 5.82 Å². The Labute approximate surface area is 113 Å². The molecule has 4 nitrogen and oxygen atoms in total. The van der Waals surface area contributed by atoms with Gasteiger partial charge >= 0.3 is 0 Å². The van der Waals surface area contributed by atoms with Gasteiger partial charge in [-0.25, -0.2) is 4.39 Å². The van der Waals surface area contributed by atoms with Gasteiger partial charge in [-0.05, 0) is 48.0 Å². The number of hydrogen-bond acceptors (Lipinski definition) is 2. The number of amides is 2. The first-order valence-electron chi connectivity index (χ1n) is 5.27. The molecule has 6 heteroatoms. The van der Waals surface area contributed by atoms with Gasteiger partial charge in [-0.2, -0.15) is 0 Å². The van der Waals surface area contributed by atoms with Crippen LogP contribution in [-0.4, -0.2) is 18.4 Å². The van der Waals surface area contributed by atoms with Gasteiger partial charge in [0.25, 0.3) is 5.91 Å². The molecule has 1 aromatic carbocycles. The number of nitrogens with one attached hydrogen (secondary N) is 1. The average Bonchev–Trinajstić information content (AvgIpc) is 2.25. The first-order chi connectivity index (χ1) is 8.24. The van der Waals surface area contributed by atoms with E-state index in [9.17, 15) is 14.0 Å². The van der Waals surface area contributed by atoms with Crippen LogP contribution in [0.3, 0.4) is 0 Å². The van der Waals surface area contributed by atoms with Crippen molar-refractivity contribution in [3.05, 3.63) is 34.1 Å². The van der Waals surface area contributed by atoms with Crippen LogP contribution in [0.1, 0.15) is 24.2 Å². The zero-order valence-corrected chi connectivity index (χ0v) is 11.7. The summed E-state index contributed by atoms with van der Waals surface area (Å²) in [5, 5.41) is 2.59. The predicted molar refractivity (Wildman–Crippen MR) is 69.4 cm³/mol. The maximum absolute atomic E-state index is 12.9. The van der Waals surface area contributed by atoms with E-state index in [2.05, 4.69) is 21.2 Å². The third kappa shape index (κ3) is 3.53. The topological polar surface area (TPSA) is 72.2 Å². The highest BCUT2D eigenvalue weighted by molar-refractivity contribution is 9.10. The second kappa shape index (κ2) is 5.48. The fourth-order valence-electron chi connectivity index (χ4n) is 1.16. The van der Waals surface area contributed by atoms with Crippen molar-refractivity contribution in [2.24, 2.45) is 11.1 Å². The largest absolute Gasteiger partial charge is 0.369 e. The van der Waals surface area contributed by atoms with E-state index in [1.165, 1.54) is 18.2 Å². The molecule has 0 unspecified atom stereocenters. The molecular formula is C12H14BrFN2O2. The van der Waals surface area contributed by atoms with Crippen LogP contribution in [0.15, 0.2) is 22.7 Å². The number of nitrogens with two attached hydrogens (primary N) is 1. The van der Waals surface area contributed by atoms with Gasteiger partial charge in [0.05, 0.1) is 11.0 Å². The van der Waals surface area contributed by atoms with Gasteiger partial charge in [0.15, 0.2) is 0 Å². The summed E-state index contributed by atoms with van der Waals surface area (Å²) in [6, 6.07) is 3.76. The Hall–Kier alpha value is -1.43. The highest BCUT2D eigenvalue weighted by Gasteiger charge is 2.25. The smallest absolute Gasteiger partial charge is 0.252 e. The van der Waals surface area contributed by atoms with E-state index < -0.39 is 23.0 Å². The molecular weight excluding hydrogens is 303 g/mol. The number of halogens is 2. The molecule has 0 saturated carbocycles. The van der Waals surface area contributed by atoms with E-state index in [1.54, 1.807) is 13.8 Å². The fraction of sp³-hybridized carbons (Fsp3) is 0.333. The summed E-state index contributed by atoms with van der Waals surface area (Å²) >= 11 is 3.10. The van der Waals surface area contributed by atoms with Crippen LogP contribution in [0.2, 0.25) is 0 Å². The lowest BCUT2D eigenvalue weighted by atomic mass is 9.92. The second-order valence-electron chi connectivity index (χ2n) is 4.55. The number of carbonyl (C=O) groups excluding carboxylic acids is 2. The lowest BCUT2D eigenvalue weighted by Crippen LogP contribution is -2.42. The minimum Gasteiger partial charge on any atom is -0.369 e. The van der Waals surface area contributed by atoms with Crippen molar-refractivity contribution >= 4 is 27.7 Å². The number of hydrogen-bond donors (Lipinski definition) is 2. The third-order valence-electron chi connectivity index (χ3n) is 2.53. The van der Waals surface area contributed by atoms with Crippen LogP contribution in [0.25, 0.3) is 0 Å². The summed E-state index contributed by atoms with van der Waals surface area (Å²) in [5.41, 5.74) is 4.67. The van der Waals surface area contributed by atoms with Crippen LogP contribution in [0.5, 0.6) is 0 Å². The third-order valence-corrected chi connectivity index (χ3v) is 3.19. The summed E-state index contributed by atoms with van der Waals surface area (Å²) in [5.74, 6) is -1.33. The Bertz CT molecular complexity index is 489. The van der Waals surface area contributed by atoms with E-state index in [0.717, 1.165) is 0 Å². The maximum Gasteiger partial charge on any atom is 0.252 e. The Balaban J connectivity index is 2.75. The molecule has 0 aliphatic carbocycles. The molecule has 0 aromatic heterocycles. The molecule has 0 bridgehead atoms. The van der Waals surface area contributed by atoms with Crippen molar-refractivity contribution in [2.75, 3.05) is 6.54 Å². The maximum atomic E-state index is 12.9. The number of primary amides is 1. The van der Waals surface area contributed by atoms with Crippen LogP contribution < -0.4 is 11.1 Å². The zero-order chi connectivity index (χ0) is 13.9. The van der Waals surface area contributed by atoms with E-state index >= 15 is 0 Å². The molecule has 0 atom stereocenters. The first-order valence-corrected chi connectivity index (χ1v) is 6.06. The van der Waals surface area contributed by atoms with Gasteiger partial charge in [-0.3, -0.25) is 9.59 Å². The molecule has 2 amide bonds. The summed E-state index contributed by atoms with van der Waals surface area (Å²) in [6.45, 7) is 3.38. The van der Waals surface area contributed by atoms with Gasteiger partial charge in [0.2, 0.25) is 5.91 Å². The normalized spacial score (nSPS) is 11.1. The molecule has 0 saturated heterocycles. The molecule has 0 radical (unpaired) electrons. The van der Waals surface area contributed by atoms with Crippen molar-refractivity contribution in [3.8, 4) is 0 Å². The lowest BCUT2D eigenvalue weighted by molar-refractivity contribution is -0.125. The quantitative estimate of drug-likeness (QED) is 0.889. The van der Waals surface area contributed by atoms with Gasteiger partial charge in [0, 0.05) is 11.0 Å². The molecule has 3 N–H and O–H groups in total. The Morgan fingerprint density at radius 1 is 1.44 bits per heavy atom. The Morgan fingerprint density at radius 2 is 2.06 bits per heavy atom. The monoisotopic (exact) mass is 316 g/mol. The molecule has 1 aromatic rings. The summed E-state index contributed by atoms with van der Waals surface area (Å²) in [4.78, 5) is 22.9. The minimum absolute atomic E-state index is 0.116. The first kappa shape index (κ1) is 14.6. The molecule has 0 spiro atoms. The van der Waals surface area contributed by atoms with E-state index in [0.29, 0.717) is 10.0 Å². The molecule has 0 fully saturated rings. The fourth-order valence-corrected chi connectivity index (χ4v) is 1.69. The summed E-state index contributed by atoms with van der Waals surface area (Å²) in [6.07, 6.45) is 0. The average molecular weight is 317 g/mol. The number of rotatable bonds is 4. The molecule has 98 valence electrons. The van der Waals surface area contributed by atoms with Crippen molar-refractivity contribution in [1.29, 1.82) is 0 Å². The molecule has 1 rings (SSSR count). The highest BCUT2D eigenvalue weighted by atomic mass is 79.9. The van der Waals surface area contributed by atoms with E-state index in [-0.39, 0.29) is 6.54 Å². The van der Waals surface area contributed by atoms with Gasteiger partial charge in [-0.1, -0.05) is 0 Å². The Morgan fingerprint density at radius 3 is 2.56 bits per heavy atom. The van der Waals surface area contributed by atoms with Gasteiger partial charge < -0.3 is 11.1 Å². The van der Waals surface area contributed by atoms with Crippen molar-refractivity contribution in [3.63, 3.8) is 0 Å². The Kier molecular flexibility index (Phi) is 4.45. The van der Waals surface area contributed by atoms with Crippen LogP contribution >= 0.6 is 15.9 Å². The van der Waals surface area contributed by atoms with E-state index in [1.807, 2.05) is 0 Å². The molecule has 0 heterocycles. The summed E-state index contributed by atoms with van der Waals surface area (Å²) < 4.78 is 13.2. The molecule has 0 aliphatic rings. The van der Waals surface area contributed by atoms with Crippen LogP contribution in [0.4, 0.5) is 4.39 Å². The summed E-state index contributed by atoms with van der Waals surface area (Å²) in [7, 11) is 0. The SMILES string of the molecule is CC(C)(CNC(=O)c1ccc(F)cc1Br)C(N)=O. The second-order valence-corrected chi connectivity index (χ2v) is 5.41. The lowest BCUT2D eigenvalue weighted by Gasteiger charge is -2.20. The number of carbonyl (C=O) groups is 2. The standard InChI is InChI=1S/C12H14BrFN2O2/c1-12(2,11(15)18)6-16-10(17)8-4-3-7(14)5-9(8)13/h3-5H,6H2,1-2H3,(H2,15,18)(H,16,17). The van der Waals surface area contributed by atoms with Crippen molar-refractivity contribution < 1.29 is 14.0 Å². The minimum atomic E-state index is -0.831. The predicted octanol–water partition coefficient (Wildman–Crippen LogP) is 1.83. The number of benzene rings is 1. The van der Waals surface area contributed by atoms with E-state index in [4.69, 9.17) is 5.73 Å². The van der Waals surface area contributed by atoms with Crippen molar-refractivity contribution in [2.45, 2.75) is 13.8 Å². The van der Waals surface area contributed by atoms with Crippen molar-refractivity contribution in [1.82, 2.24) is 5.32 Å². The van der Waals surface area contributed by atoms with Crippen LogP contribution in [0, 0.1) is 11.2 Å². The molecule has 18 heavy (non-hydrogen) atoms. The van der Waals surface area contributed by atoms with Gasteiger partial charge in [-0.15, -0.1) is 0 Å². The zero-order valence-electron chi connectivity index (χ0n) is 10.1. The highest BCUT2D eigenvalue weighted by Crippen LogP contribution is 2.18. The molecule has 0 aliphatic heterocycles. The van der Waals surface area contributed by atoms with Crippen LogP contribution in [-0.2, 0) is 4.79 Å².